The van der Waals surface area contributed by atoms with Crippen molar-refractivity contribution in [3.63, 3.8) is 0 Å². The first-order chi connectivity index (χ1) is 10.7. The number of nitrogens with zero attached hydrogens (tertiary/aromatic N) is 2. The van der Waals surface area contributed by atoms with Crippen molar-refractivity contribution in [3.05, 3.63) is 42.5 Å². The number of carbonyl (C=O) groups excluding carboxylic acids is 1. The lowest BCUT2D eigenvalue weighted by Gasteiger charge is -2.36. The van der Waals surface area contributed by atoms with E-state index in [0.29, 0.717) is 28.6 Å². The van der Waals surface area contributed by atoms with Gasteiger partial charge in [0.05, 0.1) is 25.6 Å². The smallest absolute Gasteiger partial charge is 0.347 e. The van der Waals surface area contributed by atoms with Gasteiger partial charge in [0.25, 0.3) is 0 Å². The minimum Gasteiger partial charge on any atom is -0.493 e. The van der Waals surface area contributed by atoms with Gasteiger partial charge in [0.15, 0.2) is 11.5 Å². The van der Waals surface area contributed by atoms with Crippen molar-refractivity contribution < 1.29 is 19.5 Å². The molecule has 2 N–H and O–H groups in total. The summed E-state index contributed by atoms with van der Waals surface area (Å²) >= 11 is 0. The fourth-order valence-corrected chi connectivity index (χ4v) is 2.30. The Morgan fingerprint density at radius 3 is 2.50 bits per heavy atom. The highest BCUT2D eigenvalue weighted by molar-refractivity contribution is 6.08. The van der Waals surface area contributed by atoms with E-state index < -0.39 is 6.03 Å². The Morgan fingerprint density at radius 1 is 1.05 bits per heavy atom. The van der Waals surface area contributed by atoms with Crippen molar-refractivity contribution in [1.82, 2.24) is 0 Å². The second kappa shape index (κ2) is 5.45. The number of carbonyl (C=O) groups is 1. The molecule has 0 radical (unpaired) electrons. The summed E-state index contributed by atoms with van der Waals surface area (Å²) in [4.78, 5) is 12.3. The maximum Gasteiger partial charge on any atom is 0.347 e. The lowest BCUT2D eigenvalue weighted by Crippen LogP contribution is -2.50. The van der Waals surface area contributed by atoms with Crippen LogP contribution in [0.15, 0.2) is 42.5 Å². The molecule has 114 valence electrons. The number of nitrogens with one attached hydrogen (secondary N) is 1. The van der Waals surface area contributed by atoms with Gasteiger partial charge in [0.1, 0.15) is 5.69 Å². The van der Waals surface area contributed by atoms with Crippen LogP contribution in [0.1, 0.15) is 0 Å². The fraction of sp³-hybridized carbons (Fsp3) is 0.133. The van der Waals surface area contributed by atoms with Gasteiger partial charge in [-0.3, -0.25) is 5.21 Å². The van der Waals surface area contributed by atoms with E-state index in [1.807, 2.05) is 0 Å². The monoisotopic (exact) mass is 301 g/mol. The zero-order valence-corrected chi connectivity index (χ0v) is 12.1. The number of anilines is 3. The number of ether oxygens (including phenoxy) is 2. The van der Waals surface area contributed by atoms with Gasteiger partial charge in [-0.15, -0.1) is 0 Å². The number of methoxy groups -OCH3 is 2. The number of rotatable bonds is 3. The molecule has 0 fully saturated rings. The quantitative estimate of drug-likeness (QED) is 0.912. The molecule has 0 saturated carbocycles. The van der Waals surface area contributed by atoms with Gasteiger partial charge in [0, 0.05) is 6.07 Å². The second-order valence-electron chi connectivity index (χ2n) is 4.59. The van der Waals surface area contributed by atoms with Crippen LogP contribution in [0.25, 0.3) is 0 Å². The minimum atomic E-state index is -0.478. The lowest BCUT2D eigenvalue weighted by molar-refractivity contribution is 0.221. The van der Waals surface area contributed by atoms with Gasteiger partial charge in [-0.05, 0) is 24.3 Å². The third-order valence-electron chi connectivity index (χ3n) is 3.35. The number of hydrogen-bond acceptors (Lipinski definition) is 5. The summed E-state index contributed by atoms with van der Waals surface area (Å²) in [6.07, 6.45) is 0. The molecule has 0 unspecified atom stereocenters. The Kier molecular flexibility index (Phi) is 3.48. The summed E-state index contributed by atoms with van der Waals surface area (Å²) < 4.78 is 10.4. The predicted octanol–water partition coefficient (Wildman–Crippen LogP) is 2.87. The number of fused-ring (bicyclic) bond motifs is 1. The summed E-state index contributed by atoms with van der Waals surface area (Å²) in [5, 5.41) is 15.0. The molecule has 2 amide bonds. The van der Waals surface area contributed by atoms with Crippen LogP contribution in [0.2, 0.25) is 0 Å². The maximum atomic E-state index is 12.3. The molecule has 22 heavy (non-hydrogen) atoms. The Bertz CT molecular complexity index is 720. The standard InChI is InChI=1S/C15H15N3O4/c1-21-13-8-7-10(9-14(13)22-2)17-15(19)16-11-5-3-4-6-12(11)18(17)20/h3-9,20H,1-2H3,(H,16,19). The Balaban J connectivity index is 2.03. The van der Waals surface area contributed by atoms with E-state index >= 15 is 0 Å². The van der Waals surface area contributed by atoms with Gasteiger partial charge < -0.3 is 14.8 Å². The van der Waals surface area contributed by atoms with Crippen LogP contribution < -0.4 is 25.0 Å². The van der Waals surface area contributed by atoms with Gasteiger partial charge >= 0.3 is 6.03 Å². The van der Waals surface area contributed by atoms with E-state index in [1.165, 1.54) is 14.2 Å². The number of para-hydroxylation sites is 2. The Labute approximate surface area is 127 Å². The third-order valence-corrected chi connectivity index (χ3v) is 3.35. The summed E-state index contributed by atoms with van der Waals surface area (Å²) in [5.41, 5.74) is 1.44. The molecule has 1 aliphatic rings. The molecule has 0 atom stereocenters. The number of benzene rings is 2. The topological polar surface area (TPSA) is 74.3 Å². The average Bonchev–Trinajstić information content (AvgIpc) is 2.54. The maximum absolute atomic E-state index is 12.3. The van der Waals surface area contributed by atoms with Crippen molar-refractivity contribution in [1.29, 1.82) is 0 Å². The number of hydrazine groups is 1. The van der Waals surface area contributed by atoms with Crippen LogP contribution in [-0.4, -0.2) is 25.5 Å². The van der Waals surface area contributed by atoms with Gasteiger partial charge in [-0.25, -0.2) is 4.79 Å². The number of hydrogen-bond donors (Lipinski definition) is 2. The van der Waals surface area contributed by atoms with Gasteiger partial charge in [-0.1, -0.05) is 12.1 Å². The van der Waals surface area contributed by atoms with Gasteiger partial charge in [-0.2, -0.15) is 10.2 Å². The van der Waals surface area contributed by atoms with Crippen LogP contribution in [0.3, 0.4) is 0 Å². The fourth-order valence-electron chi connectivity index (χ4n) is 2.30. The molecule has 1 aliphatic heterocycles. The first kappa shape index (κ1) is 14.0. The molecule has 0 bridgehead atoms. The molecule has 7 heteroatoms. The summed E-state index contributed by atoms with van der Waals surface area (Å²) in [7, 11) is 3.03. The molecular weight excluding hydrogens is 286 g/mol. The first-order valence-electron chi connectivity index (χ1n) is 6.57. The predicted molar refractivity (Wildman–Crippen MR) is 81.8 cm³/mol. The molecule has 3 rings (SSSR count). The van der Waals surface area contributed by atoms with E-state index in [-0.39, 0.29) is 0 Å². The first-order valence-corrected chi connectivity index (χ1v) is 6.57. The molecule has 1 heterocycles. The highest BCUT2D eigenvalue weighted by Crippen LogP contribution is 2.36. The largest absolute Gasteiger partial charge is 0.493 e. The zero-order valence-electron chi connectivity index (χ0n) is 12.1. The molecule has 0 spiro atoms. The highest BCUT2D eigenvalue weighted by Gasteiger charge is 2.30. The average molecular weight is 301 g/mol. The number of amides is 2. The summed E-state index contributed by atoms with van der Waals surface area (Å²) in [5.74, 6) is 0.994. The van der Waals surface area contributed by atoms with E-state index in [1.54, 1.807) is 42.5 Å². The molecule has 0 aromatic heterocycles. The normalized spacial score (nSPS) is 13.5. The van der Waals surface area contributed by atoms with Crippen LogP contribution >= 0.6 is 0 Å². The van der Waals surface area contributed by atoms with Crippen molar-refractivity contribution in [2.45, 2.75) is 0 Å². The van der Waals surface area contributed by atoms with Crippen LogP contribution in [0.4, 0.5) is 21.9 Å². The van der Waals surface area contributed by atoms with Crippen LogP contribution in [0, 0.1) is 0 Å². The van der Waals surface area contributed by atoms with Crippen molar-refractivity contribution >= 4 is 23.1 Å². The van der Waals surface area contributed by atoms with Crippen molar-refractivity contribution in [3.8, 4) is 11.5 Å². The molecule has 0 aliphatic carbocycles. The van der Waals surface area contributed by atoms with Gasteiger partial charge in [0.2, 0.25) is 0 Å². The third kappa shape index (κ3) is 2.17. The SMILES string of the molecule is COc1ccc(N2C(=O)Nc3ccccc3N2O)cc1OC. The van der Waals surface area contributed by atoms with E-state index in [2.05, 4.69) is 5.32 Å². The van der Waals surface area contributed by atoms with Crippen molar-refractivity contribution in [2.75, 3.05) is 29.7 Å². The molecule has 0 saturated heterocycles. The Morgan fingerprint density at radius 2 is 1.77 bits per heavy atom. The van der Waals surface area contributed by atoms with Crippen molar-refractivity contribution in [2.24, 2.45) is 0 Å². The minimum absolute atomic E-state index is 0.437. The highest BCUT2D eigenvalue weighted by atomic mass is 16.6. The van der Waals surface area contributed by atoms with Crippen LogP contribution in [0.5, 0.6) is 11.5 Å². The van der Waals surface area contributed by atoms with E-state index in [0.717, 1.165) is 10.2 Å². The van der Waals surface area contributed by atoms with E-state index in [4.69, 9.17) is 9.47 Å². The lowest BCUT2D eigenvalue weighted by atomic mass is 10.2. The Hall–Kier alpha value is -2.93. The second-order valence-corrected chi connectivity index (χ2v) is 4.59. The summed E-state index contributed by atoms with van der Waals surface area (Å²) in [6, 6.07) is 11.4. The molecule has 2 aromatic carbocycles. The zero-order chi connectivity index (χ0) is 15.7. The summed E-state index contributed by atoms with van der Waals surface area (Å²) in [6.45, 7) is 0. The molecule has 7 nitrogen and oxygen atoms in total. The number of urea groups is 1. The van der Waals surface area contributed by atoms with Crippen LogP contribution in [-0.2, 0) is 0 Å². The van der Waals surface area contributed by atoms with E-state index in [9.17, 15) is 10.0 Å². The molecule has 2 aromatic rings. The molecular formula is C15H15N3O4.